The van der Waals surface area contributed by atoms with E-state index in [0.29, 0.717) is 23.5 Å². The Morgan fingerprint density at radius 1 is 1.29 bits per heavy atom. The molecule has 1 unspecified atom stereocenters. The minimum absolute atomic E-state index is 0.0645. The van der Waals surface area contributed by atoms with Crippen molar-refractivity contribution < 1.29 is 29.0 Å². The zero-order valence-corrected chi connectivity index (χ0v) is 16.8. The van der Waals surface area contributed by atoms with Crippen molar-refractivity contribution in [2.24, 2.45) is 5.16 Å². The monoisotopic (exact) mass is 405 g/mol. The lowest BCUT2D eigenvalue weighted by Gasteiger charge is -2.17. The molecular weight excluding hydrogens is 382 g/mol. The van der Waals surface area contributed by atoms with Crippen LogP contribution in [0.15, 0.2) is 52.1 Å². The molecule has 1 aliphatic rings. The third-order valence-corrected chi connectivity index (χ3v) is 4.91. The van der Waals surface area contributed by atoms with Crippen LogP contribution in [0.1, 0.15) is 20.3 Å². The fourth-order valence-electron chi connectivity index (χ4n) is 2.41. The zero-order valence-electron chi connectivity index (χ0n) is 16.0. The SMILES string of the molecule is COc1cc(SC2C=CC(C(=O)/C(C)=N/OC(C)=O)=CC2)ccc1OCCO. The maximum Gasteiger partial charge on any atom is 0.331 e. The Balaban J connectivity index is 1.98. The van der Waals surface area contributed by atoms with Crippen LogP contribution in [0.4, 0.5) is 0 Å². The van der Waals surface area contributed by atoms with Crippen LogP contribution in [-0.4, -0.2) is 48.1 Å². The number of thioether (sulfide) groups is 1. The highest BCUT2D eigenvalue weighted by atomic mass is 32.2. The van der Waals surface area contributed by atoms with E-state index in [0.717, 1.165) is 4.90 Å². The lowest BCUT2D eigenvalue weighted by atomic mass is 10.0. The third kappa shape index (κ3) is 6.24. The van der Waals surface area contributed by atoms with Crippen molar-refractivity contribution in [3.05, 3.63) is 42.0 Å². The van der Waals surface area contributed by atoms with Crippen molar-refractivity contribution in [3.8, 4) is 11.5 Å². The highest BCUT2D eigenvalue weighted by Gasteiger charge is 2.18. The summed E-state index contributed by atoms with van der Waals surface area (Å²) < 4.78 is 10.8. The minimum atomic E-state index is -0.569. The summed E-state index contributed by atoms with van der Waals surface area (Å²) in [5.74, 6) is 0.338. The third-order valence-electron chi connectivity index (χ3n) is 3.73. The molecule has 150 valence electrons. The molecule has 0 radical (unpaired) electrons. The lowest BCUT2D eigenvalue weighted by molar-refractivity contribution is -0.140. The summed E-state index contributed by atoms with van der Waals surface area (Å²) in [7, 11) is 1.57. The lowest BCUT2D eigenvalue weighted by Crippen LogP contribution is -2.15. The maximum absolute atomic E-state index is 12.3. The molecule has 0 aliphatic heterocycles. The molecule has 1 atom stereocenters. The predicted octanol–water partition coefficient (Wildman–Crippen LogP) is 2.92. The standard InChI is InChI=1S/C20H23NO6S/c1-13(21-27-14(2)23)20(24)15-4-6-16(7-5-15)28-17-8-9-18(26-11-10-22)19(12-17)25-3/h4-6,8-9,12,16,22H,7,10-11H2,1-3H3/b21-13+. The number of nitrogens with zero attached hydrogens (tertiary/aromatic N) is 1. The number of Topliss-reactive ketones (excluding diaryl/α,β-unsaturated/α-hetero) is 1. The second-order valence-corrected chi connectivity index (χ2v) is 7.20. The number of aliphatic hydroxyl groups is 1. The van der Waals surface area contributed by atoms with Crippen molar-refractivity contribution in [2.45, 2.75) is 30.4 Å². The molecule has 0 saturated heterocycles. The van der Waals surface area contributed by atoms with Gasteiger partial charge in [0.2, 0.25) is 5.78 Å². The number of hydrogen-bond acceptors (Lipinski definition) is 8. The van der Waals surface area contributed by atoms with Gasteiger partial charge in [-0.05, 0) is 31.5 Å². The summed E-state index contributed by atoms with van der Waals surface area (Å²) in [6.07, 6.45) is 6.24. The molecule has 0 spiro atoms. The first-order chi connectivity index (χ1) is 13.4. The Hall–Kier alpha value is -2.58. The van der Waals surface area contributed by atoms with Crippen molar-refractivity contribution in [3.63, 3.8) is 0 Å². The molecule has 0 aromatic heterocycles. The van der Waals surface area contributed by atoms with Crippen molar-refractivity contribution >= 4 is 29.2 Å². The summed E-state index contributed by atoms with van der Waals surface area (Å²) in [6, 6.07) is 5.61. The van der Waals surface area contributed by atoms with E-state index in [1.807, 2.05) is 30.4 Å². The average Bonchev–Trinajstić information content (AvgIpc) is 2.70. The Morgan fingerprint density at radius 2 is 2.07 bits per heavy atom. The normalized spacial score (nSPS) is 16.4. The van der Waals surface area contributed by atoms with E-state index >= 15 is 0 Å². The molecule has 1 N–H and O–H groups in total. The number of aliphatic hydroxyl groups excluding tert-OH is 1. The van der Waals surface area contributed by atoms with E-state index in [2.05, 4.69) is 9.99 Å². The highest BCUT2D eigenvalue weighted by molar-refractivity contribution is 8.00. The summed E-state index contributed by atoms with van der Waals surface area (Å²) in [5, 5.41) is 12.6. The molecule has 1 aliphatic carbocycles. The van der Waals surface area contributed by atoms with Crippen molar-refractivity contribution in [2.75, 3.05) is 20.3 Å². The molecule has 0 heterocycles. The number of hydrogen-bond donors (Lipinski definition) is 1. The smallest absolute Gasteiger partial charge is 0.331 e. The van der Waals surface area contributed by atoms with E-state index in [-0.39, 0.29) is 30.0 Å². The second-order valence-electron chi connectivity index (χ2n) is 5.88. The first-order valence-electron chi connectivity index (χ1n) is 8.68. The van der Waals surface area contributed by atoms with Crippen LogP contribution in [-0.2, 0) is 14.4 Å². The number of allylic oxidation sites excluding steroid dienone is 3. The fraction of sp³-hybridized carbons (Fsp3) is 0.350. The summed E-state index contributed by atoms with van der Waals surface area (Å²) in [5.41, 5.74) is 0.649. The number of rotatable bonds is 9. The number of benzene rings is 1. The van der Waals surface area contributed by atoms with Crippen molar-refractivity contribution in [1.82, 2.24) is 0 Å². The van der Waals surface area contributed by atoms with Gasteiger partial charge < -0.3 is 19.4 Å². The highest BCUT2D eigenvalue weighted by Crippen LogP contribution is 2.36. The van der Waals surface area contributed by atoms with E-state index in [1.165, 1.54) is 13.8 Å². The van der Waals surface area contributed by atoms with E-state index in [1.54, 1.807) is 24.9 Å². The van der Waals surface area contributed by atoms with Gasteiger partial charge in [-0.15, -0.1) is 11.8 Å². The Labute approximate surface area is 168 Å². The van der Waals surface area contributed by atoms with Crippen LogP contribution in [0.3, 0.4) is 0 Å². The number of carbonyl (C=O) groups excluding carboxylic acids is 2. The largest absolute Gasteiger partial charge is 0.493 e. The molecule has 0 amide bonds. The van der Waals surface area contributed by atoms with Crippen LogP contribution in [0.5, 0.6) is 11.5 Å². The number of ketones is 1. The topological polar surface area (TPSA) is 94.4 Å². The molecule has 7 nitrogen and oxygen atoms in total. The quantitative estimate of drug-likeness (QED) is 0.383. The van der Waals surface area contributed by atoms with Crippen LogP contribution in [0, 0.1) is 0 Å². The van der Waals surface area contributed by atoms with Gasteiger partial charge in [0.25, 0.3) is 0 Å². The predicted molar refractivity (Wildman–Crippen MR) is 107 cm³/mol. The van der Waals surface area contributed by atoms with Gasteiger partial charge >= 0.3 is 5.97 Å². The summed E-state index contributed by atoms with van der Waals surface area (Å²) in [6.45, 7) is 2.87. The molecule has 2 rings (SSSR count). The van der Waals surface area contributed by atoms with Gasteiger partial charge in [-0.2, -0.15) is 0 Å². The van der Waals surface area contributed by atoms with Gasteiger partial charge in [-0.1, -0.05) is 23.4 Å². The molecular formula is C20H23NO6S. The number of methoxy groups -OCH3 is 1. The van der Waals surface area contributed by atoms with Crippen LogP contribution in [0.25, 0.3) is 0 Å². The van der Waals surface area contributed by atoms with Gasteiger partial charge in [-0.3, -0.25) is 4.79 Å². The first kappa shape index (κ1) is 21.7. The van der Waals surface area contributed by atoms with Gasteiger partial charge in [0.05, 0.1) is 13.7 Å². The summed E-state index contributed by atoms with van der Waals surface area (Å²) >= 11 is 1.64. The number of carbonyl (C=O) groups is 2. The molecule has 0 saturated carbocycles. The first-order valence-corrected chi connectivity index (χ1v) is 9.56. The van der Waals surface area contributed by atoms with Gasteiger partial charge in [0, 0.05) is 22.6 Å². The minimum Gasteiger partial charge on any atom is -0.493 e. The molecule has 1 aromatic carbocycles. The number of oxime groups is 1. The van der Waals surface area contributed by atoms with Gasteiger partial charge in [0.1, 0.15) is 12.3 Å². The van der Waals surface area contributed by atoms with Gasteiger partial charge in [0.15, 0.2) is 11.5 Å². The zero-order chi connectivity index (χ0) is 20.5. The van der Waals surface area contributed by atoms with Gasteiger partial charge in [-0.25, -0.2) is 4.79 Å². The van der Waals surface area contributed by atoms with Crippen LogP contribution < -0.4 is 9.47 Å². The van der Waals surface area contributed by atoms with E-state index in [4.69, 9.17) is 14.6 Å². The van der Waals surface area contributed by atoms with Crippen molar-refractivity contribution in [1.29, 1.82) is 0 Å². The Morgan fingerprint density at radius 3 is 2.68 bits per heavy atom. The second kappa shape index (κ2) is 10.7. The Bertz CT molecular complexity index is 815. The average molecular weight is 405 g/mol. The summed E-state index contributed by atoms with van der Waals surface area (Å²) in [4.78, 5) is 28.6. The molecule has 0 bridgehead atoms. The van der Waals surface area contributed by atoms with Crippen LogP contribution in [0.2, 0.25) is 0 Å². The molecule has 0 fully saturated rings. The maximum atomic E-state index is 12.3. The molecule has 1 aromatic rings. The Kier molecular flexibility index (Phi) is 8.28. The van der Waals surface area contributed by atoms with Crippen LogP contribution >= 0.6 is 11.8 Å². The molecule has 28 heavy (non-hydrogen) atoms. The van der Waals surface area contributed by atoms with E-state index in [9.17, 15) is 9.59 Å². The number of ether oxygens (including phenoxy) is 2. The molecule has 8 heteroatoms. The fourth-order valence-corrected chi connectivity index (χ4v) is 3.43. The van der Waals surface area contributed by atoms with E-state index < -0.39 is 5.97 Å².